The molecular weight excluding hydrogens is 212 g/mol. The van der Waals surface area contributed by atoms with E-state index < -0.39 is 0 Å². The molecule has 0 unspecified atom stereocenters. The topological polar surface area (TPSA) is 26.3 Å². The summed E-state index contributed by atoms with van der Waals surface area (Å²) < 4.78 is 5.50. The van der Waals surface area contributed by atoms with Gasteiger partial charge in [0.2, 0.25) is 0 Å². The van der Waals surface area contributed by atoms with Gasteiger partial charge in [0.1, 0.15) is 0 Å². The molecule has 0 aromatic heterocycles. The van der Waals surface area contributed by atoms with Gasteiger partial charge in [-0.1, -0.05) is 6.92 Å². The molecule has 0 aromatic rings. The van der Waals surface area contributed by atoms with Crippen LogP contribution in [0.3, 0.4) is 0 Å². The zero-order valence-corrected chi connectivity index (χ0v) is 10.8. The van der Waals surface area contributed by atoms with Crippen LogP contribution in [0.1, 0.15) is 51.9 Å². The van der Waals surface area contributed by atoms with Gasteiger partial charge in [-0.2, -0.15) is 0 Å². The van der Waals surface area contributed by atoms with Crippen LogP contribution in [0.4, 0.5) is 0 Å². The molecule has 2 heteroatoms. The first-order valence-electron chi connectivity index (χ1n) is 7.17. The Morgan fingerprint density at radius 2 is 1.71 bits per heavy atom. The highest BCUT2D eigenvalue weighted by atomic mass is 16.5. The van der Waals surface area contributed by atoms with E-state index in [-0.39, 0.29) is 11.4 Å². The van der Waals surface area contributed by atoms with Crippen molar-refractivity contribution in [3.8, 4) is 0 Å². The molecule has 0 N–H and O–H groups in total. The molecule has 4 aliphatic carbocycles. The van der Waals surface area contributed by atoms with Crippen LogP contribution in [-0.4, -0.2) is 12.6 Å². The average Bonchev–Trinajstić information content (AvgIpc) is 2.27. The van der Waals surface area contributed by atoms with Crippen molar-refractivity contribution >= 4 is 5.97 Å². The van der Waals surface area contributed by atoms with E-state index in [1.165, 1.54) is 19.3 Å². The summed E-state index contributed by atoms with van der Waals surface area (Å²) in [7, 11) is 0. The van der Waals surface area contributed by atoms with Crippen molar-refractivity contribution < 1.29 is 9.53 Å². The number of carbonyl (C=O) groups is 1. The van der Waals surface area contributed by atoms with E-state index in [4.69, 9.17) is 4.74 Å². The number of unbranched alkanes of at least 4 members (excludes halogenated alkanes) is 1. The summed E-state index contributed by atoms with van der Waals surface area (Å²) in [6.45, 7) is 2.59. The Bertz CT molecular complexity index is 273. The normalized spacial score (nSPS) is 42.8. The molecule has 0 atom stereocenters. The summed E-state index contributed by atoms with van der Waals surface area (Å²) in [5.74, 6) is 2.60. The maximum absolute atomic E-state index is 12.3. The van der Waals surface area contributed by atoms with Crippen molar-refractivity contribution in [2.45, 2.75) is 51.9 Å². The lowest BCUT2D eigenvalue weighted by Crippen LogP contribution is -2.50. The smallest absolute Gasteiger partial charge is 0.312 e. The SMILES string of the molecule is C[CH]CCOC(=O)C12CC3CC(CC(C3)C1)C2. The summed E-state index contributed by atoms with van der Waals surface area (Å²) in [4.78, 5) is 12.3. The quantitative estimate of drug-likeness (QED) is 0.551. The van der Waals surface area contributed by atoms with E-state index in [0.29, 0.717) is 6.61 Å². The number of ether oxygens (including phenoxy) is 1. The van der Waals surface area contributed by atoms with Gasteiger partial charge in [0.15, 0.2) is 0 Å². The van der Waals surface area contributed by atoms with E-state index in [2.05, 4.69) is 6.42 Å². The maximum atomic E-state index is 12.3. The lowest BCUT2D eigenvalue weighted by atomic mass is 9.49. The minimum Gasteiger partial charge on any atom is -0.465 e. The van der Waals surface area contributed by atoms with Crippen molar-refractivity contribution in [1.82, 2.24) is 0 Å². The Morgan fingerprint density at radius 3 is 2.18 bits per heavy atom. The van der Waals surface area contributed by atoms with E-state index in [0.717, 1.165) is 43.4 Å². The Labute approximate surface area is 104 Å². The van der Waals surface area contributed by atoms with Crippen LogP contribution in [0.15, 0.2) is 0 Å². The van der Waals surface area contributed by atoms with Gasteiger partial charge < -0.3 is 4.74 Å². The van der Waals surface area contributed by atoms with Crippen molar-refractivity contribution in [1.29, 1.82) is 0 Å². The van der Waals surface area contributed by atoms with Gasteiger partial charge in [-0.05, 0) is 69.1 Å². The second-order valence-electron chi connectivity index (χ2n) is 6.53. The number of hydrogen-bond acceptors (Lipinski definition) is 2. The van der Waals surface area contributed by atoms with Gasteiger partial charge in [-0.3, -0.25) is 4.79 Å². The molecule has 17 heavy (non-hydrogen) atoms. The van der Waals surface area contributed by atoms with Crippen LogP contribution in [-0.2, 0) is 9.53 Å². The largest absolute Gasteiger partial charge is 0.465 e. The first-order chi connectivity index (χ1) is 8.22. The summed E-state index contributed by atoms with van der Waals surface area (Å²) in [5.41, 5.74) is -0.0670. The third kappa shape index (κ3) is 2.00. The van der Waals surface area contributed by atoms with Crippen LogP contribution in [0, 0.1) is 29.6 Å². The lowest BCUT2D eigenvalue weighted by molar-refractivity contribution is -0.171. The molecule has 4 aliphatic rings. The van der Waals surface area contributed by atoms with E-state index in [1.807, 2.05) is 6.92 Å². The van der Waals surface area contributed by atoms with Gasteiger partial charge in [0.05, 0.1) is 12.0 Å². The Kier molecular flexibility index (Phi) is 2.92. The number of hydrogen-bond donors (Lipinski definition) is 0. The molecule has 0 amide bonds. The molecule has 0 aromatic carbocycles. The maximum Gasteiger partial charge on any atom is 0.312 e. The van der Waals surface area contributed by atoms with Crippen LogP contribution in [0.2, 0.25) is 0 Å². The van der Waals surface area contributed by atoms with E-state index in [9.17, 15) is 4.79 Å². The molecule has 4 fully saturated rings. The zero-order valence-electron chi connectivity index (χ0n) is 10.8. The zero-order chi connectivity index (χ0) is 11.9. The molecule has 0 saturated heterocycles. The summed E-state index contributed by atoms with van der Waals surface area (Å²) in [6.07, 6.45) is 10.5. The minimum absolute atomic E-state index is 0.0670. The minimum atomic E-state index is -0.0670. The monoisotopic (exact) mass is 235 g/mol. The van der Waals surface area contributed by atoms with Crippen LogP contribution < -0.4 is 0 Å². The highest BCUT2D eigenvalue weighted by Crippen LogP contribution is 2.60. The second-order valence-corrected chi connectivity index (χ2v) is 6.53. The lowest BCUT2D eigenvalue weighted by Gasteiger charge is -2.55. The molecule has 2 nitrogen and oxygen atoms in total. The molecule has 4 rings (SSSR count). The fraction of sp³-hybridized carbons (Fsp3) is 0.867. The second kappa shape index (κ2) is 4.29. The molecule has 4 bridgehead atoms. The van der Waals surface area contributed by atoms with Crippen molar-refractivity contribution in [3.05, 3.63) is 6.42 Å². The predicted molar refractivity (Wildman–Crippen MR) is 66.2 cm³/mol. The number of carbonyl (C=O) groups excluding carboxylic acids is 1. The summed E-state index contributed by atoms with van der Waals surface area (Å²) in [5, 5.41) is 0. The van der Waals surface area contributed by atoms with Gasteiger partial charge >= 0.3 is 5.97 Å². The highest BCUT2D eigenvalue weighted by Gasteiger charge is 2.55. The first kappa shape index (κ1) is 11.6. The molecular formula is C15H23O2. The Hall–Kier alpha value is -0.530. The molecule has 0 heterocycles. The third-order valence-corrected chi connectivity index (χ3v) is 5.11. The third-order valence-electron chi connectivity index (χ3n) is 5.11. The van der Waals surface area contributed by atoms with Gasteiger partial charge in [-0.15, -0.1) is 0 Å². The van der Waals surface area contributed by atoms with Crippen molar-refractivity contribution in [3.63, 3.8) is 0 Å². The molecule has 0 aliphatic heterocycles. The fourth-order valence-corrected chi connectivity index (χ4v) is 4.78. The van der Waals surface area contributed by atoms with Gasteiger partial charge in [0.25, 0.3) is 0 Å². The summed E-state index contributed by atoms with van der Waals surface area (Å²) >= 11 is 0. The predicted octanol–water partition coefficient (Wildman–Crippen LogP) is 3.36. The van der Waals surface area contributed by atoms with E-state index >= 15 is 0 Å². The standard InChI is InChI=1S/C15H23O2/c1-2-3-4-17-14(16)15-8-11-5-12(9-15)7-13(6-11)10-15/h2,11-13H,3-10H2,1H3. The molecule has 4 saturated carbocycles. The van der Waals surface area contributed by atoms with E-state index in [1.54, 1.807) is 0 Å². The van der Waals surface area contributed by atoms with Crippen LogP contribution >= 0.6 is 0 Å². The Morgan fingerprint density at radius 1 is 1.18 bits per heavy atom. The van der Waals surface area contributed by atoms with Crippen molar-refractivity contribution in [2.24, 2.45) is 23.2 Å². The van der Waals surface area contributed by atoms with Gasteiger partial charge in [-0.25, -0.2) is 0 Å². The average molecular weight is 235 g/mol. The van der Waals surface area contributed by atoms with Crippen LogP contribution in [0.25, 0.3) is 0 Å². The summed E-state index contributed by atoms with van der Waals surface area (Å²) in [6, 6.07) is 0. The Balaban J connectivity index is 1.67. The highest BCUT2D eigenvalue weighted by molar-refractivity contribution is 5.77. The first-order valence-corrected chi connectivity index (χ1v) is 7.17. The van der Waals surface area contributed by atoms with Gasteiger partial charge in [0, 0.05) is 0 Å². The number of esters is 1. The van der Waals surface area contributed by atoms with Crippen molar-refractivity contribution in [2.75, 3.05) is 6.61 Å². The fourth-order valence-electron chi connectivity index (χ4n) is 4.78. The number of rotatable bonds is 4. The molecule has 95 valence electrons. The molecule has 1 radical (unpaired) electrons. The molecule has 0 spiro atoms. The van der Waals surface area contributed by atoms with Crippen LogP contribution in [0.5, 0.6) is 0 Å².